The SMILES string of the molecule is CN(C(=O)CN)c1ccc(N=C(c2ccccc2)c2c(O)[nH]c3cc(Cl)ccc23)cc1. The first-order chi connectivity index (χ1) is 15.0. The summed E-state index contributed by atoms with van der Waals surface area (Å²) in [5.41, 5.74) is 9.64. The van der Waals surface area contributed by atoms with Crippen LogP contribution in [0.4, 0.5) is 11.4 Å². The second-order valence-electron chi connectivity index (χ2n) is 7.04. The van der Waals surface area contributed by atoms with Gasteiger partial charge in [-0.15, -0.1) is 0 Å². The Labute approximate surface area is 184 Å². The lowest BCUT2D eigenvalue weighted by molar-refractivity contribution is -0.117. The number of carbonyl (C=O) groups is 1. The normalized spacial score (nSPS) is 11.6. The zero-order chi connectivity index (χ0) is 22.0. The average Bonchev–Trinajstić information content (AvgIpc) is 3.11. The van der Waals surface area contributed by atoms with Crippen LogP contribution in [0.2, 0.25) is 5.02 Å². The van der Waals surface area contributed by atoms with Crippen molar-refractivity contribution in [2.24, 2.45) is 10.7 Å². The molecule has 0 saturated heterocycles. The molecule has 0 spiro atoms. The summed E-state index contributed by atoms with van der Waals surface area (Å²) in [7, 11) is 1.68. The van der Waals surface area contributed by atoms with Crippen molar-refractivity contribution < 1.29 is 9.90 Å². The van der Waals surface area contributed by atoms with Gasteiger partial charge in [0.2, 0.25) is 5.91 Å². The number of hydrogen-bond donors (Lipinski definition) is 3. The molecule has 1 heterocycles. The minimum Gasteiger partial charge on any atom is -0.494 e. The van der Waals surface area contributed by atoms with Gasteiger partial charge in [-0.05, 0) is 36.4 Å². The maximum absolute atomic E-state index is 11.8. The molecule has 3 aromatic carbocycles. The molecule has 0 aliphatic rings. The van der Waals surface area contributed by atoms with E-state index in [2.05, 4.69) is 4.98 Å². The lowest BCUT2D eigenvalue weighted by Gasteiger charge is -2.16. The van der Waals surface area contributed by atoms with Gasteiger partial charge in [0.15, 0.2) is 5.88 Å². The fraction of sp³-hybridized carbons (Fsp3) is 0.0833. The number of likely N-dealkylation sites (N-methyl/N-ethyl adjacent to an activating group) is 1. The van der Waals surface area contributed by atoms with Crippen molar-refractivity contribution in [3.63, 3.8) is 0 Å². The van der Waals surface area contributed by atoms with Gasteiger partial charge in [-0.1, -0.05) is 48.0 Å². The van der Waals surface area contributed by atoms with E-state index in [0.717, 1.165) is 22.2 Å². The van der Waals surface area contributed by atoms with E-state index in [0.29, 0.717) is 22.0 Å². The highest BCUT2D eigenvalue weighted by Gasteiger charge is 2.19. The third-order valence-corrected chi connectivity index (χ3v) is 5.29. The molecular formula is C24H21ClN4O2. The summed E-state index contributed by atoms with van der Waals surface area (Å²) in [4.78, 5) is 21.2. The van der Waals surface area contributed by atoms with Crippen molar-refractivity contribution in [2.45, 2.75) is 0 Å². The van der Waals surface area contributed by atoms with Gasteiger partial charge in [0.05, 0.1) is 29.0 Å². The largest absolute Gasteiger partial charge is 0.494 e. The molecule has 0 saturated carbocycles. The zero-order valence-electron chi connectivity index (χ0n) is 16.8. The summed E-state index contributed by atoms with van der Waals surface area (Å²) >= 11 is 6.11. The zero-order valence-corrected chi connectivity index (χ0v) is 17.6. The minimum atomic E-state index is -0.177. The van der Waals surface area contributed by atoms with Crippen molar-refractivity contribution >= 4 is 45.5 Å². The number of hydrogen-bond acceptors (Lipinski definition) is 4. The molecule has 4 aromatic rings. The second kappa shape index (κ2) is 8.63. The quantitative estimate of drug-likeness (QED) is 0.401. The predicted molar refractivity (Wildman–Crippen MR) is 126 cm³/mol. The fourth-order valence-corrected chi connectivity index (χ4v) is 3.59. The molecule has 0 bridgehead atoms. The van der Waals surface area contributed by atoms with E-state index in [-0.39, 0.29) is 18.3 Å². The van der Waals surface area contributed by atoms with Crippen LogP contribution in [-0.2, 0) is 4.79 Å². The van der Waals surface area contributed by atoms with E-state index in [1.165, 1.54) is 4.90 Å². The number of nitrogens with two attached hydrogens (primary N) is 1. The lowest BCUT2D eigenvalue weighted by atomic mass is 10.0. The maximum atomic E-state index is 11.8. The Kier molecular flexibility index (Phi) is 5.75. The van der Waals surface area contributed by atoms with Gasteiger partial charge in [0.25, 0.3) is 0 Å². The number of aromatic amines is 1. The first kappa shape index (κ1) is 20.7. The van der Waals surface area contributed by atoms with Gasteiger partial charge in [-0.3, -0.25) is 4.79 Å². The van der Waals surface area contributed by atoms with Crippen LogP contribution < -0.4 is 10.6 Å². The number of halogens is 1. The number of nitrogens with zero attached hydrogens (tertiary/aromatic N) is 2. The van der Waals surface area contributed by atoms with Crippen LogP contribution in [0, 0.1) is 0 Å². The summed E-state index contributed by atoms with van der Waals surface area (Å²) < 4.78 is 0. The summed E-state index contributed by atoms with van der Waals surface area (Å²) in [6.07, 6.45) is 0. The first-order valence-corrected chi connectivity index (χ1v) is 10.1. The van der Waals surface area contributed by atoms with E-state index in [1.54, 1.807) is 19.2 Å². The number of H-pyrrole nitrogens is 1. The number of aromatic nitrogens is 1. The van der Waals surface area contributed by atoms with E-state index in [1.807, 2.05) is 60.7 Å². The number of aliphatic imine (C=N–C) groups is 1. The van der Waals surface area contributed by atoms with Crippen molar-refractivity contribution in [3.8, 4) is 5.88 Å². The van der Waals surface area contributed by atoms with E-state index in [9.17, 15) is 9.90 Å². The maximum Gasteiger partial charge on any atom is 0.240 e. The number of carbonyl (C=O) groups excluding carboxylic acids is 1. The molecule has 0 fully saturated rings. The molecule has 0 atom stereocenters. The van der Waals surface area contributed by atoms with Crippen LogP contribution in [0.3, 0.4) is 0 Å². The molecule has 0 radical (unpaired) electrons. The molecule has 6 nitrogen and oxygen atoms in total. The molecule has 1 amide bonds. The van der Waals surface area contributed by atoms with Crippen LogP contribution >= 0.6 is 11.6 Å². The van der Waals surface area contributed by atoms with E-state index in [4.69, 9.17) is 22.3 Å². The van der Waals surface area contributed by atoms with Crippen molar-refractivity contribution in [1.82, 2.24) is 4.98 Å². The Morgan fingerprint density at radius 1 is 1.10 bits per heavy atom. The molecule has 0 aliphatic heterocycles. The topological polar surface area (TPSA) is 94.7 Å². The van der Waals surface area contributed by atoms with Gasteiger partial charge >= 0.3 is 0 Å². The molecule has 4 N–H and O–H groups in total. The number of aromatic hydroxyl groups is 1. The number of anilines is 1. The molecule has 0 unspecified atom stereocenters. The van der Waals surface area contributed by atoms with Gasteiger partial charge in [-0.2, -0.15) is 0 Å². The third-order valence-electron chi connectivity index (χ3n) is 5.05. The average molecular weight is 433 g/mol. The molecule has 156 valence electrons. The lowest BCUT2D eigenvalue weighted by Crippen LogP contribution is -2.32. The molecule has 7 heteroatoms. The minimum absolute atomic E-state index is 0.0183. The number of fused-ring (bicyclic) bond motifs is 1. The number of rotatable bonds is 5. The van der Waals surface area contributed by atoms with Crippen LogP contribution in [-0.4, -0.2) is 35.3 Å². The third kappa shape index (κ3) is 4.17. The fourth-order valence-electron chi connectivity index (χ4n) is 3.42. The molecular weight excluding hydrogens is 412 g/mol. The summed E-state index contributed by atoms with van der Waals surface area (Å²) in [6.45, 7) is -0.0571. The van der Waals surface area contributed by atoms with Crippen LogP contribution in [0.15, 0.2) is 77.8 Å². The van der Waals surface area contributed by atoms with Gasteiger partial charge in [0, 0.05) is 28.7 Å². The standard InChI is InChI=1S/C24H21ClN4O2/c1-29(21(30)14-26)18-10-8-17(9-11-18)27-23(15-5-3-2-4-6-15)22-19-12-7-16(25)13-20(19)28-24(22)31/h2-13,28,31H,14,26H2,1H3. The predicted octanol–water partition coefficient (Wildman–Crippen LogP) is 4.62. The summed E-state index contributed by atoms with van der Waals surface area (Å²) in [5, 5.41) is 12.1. The van der Waals surface area contributed by atoms with Crippen molar-refractivity contribution in [3.05, 3.63) is 88.9 Å². The monoisotopic (exact) mass is 432 g/mol. The van der Waals surface area contributed by atoms with E-state index < -0.39 is 0 Å². The number of nitrogens with one attached hydrogen (secondary N) is 1. The van der Waals surface area contributed by atoms with Crippen molar-refractivity contribution in [2.75, 3.05) is 18.5 Å². The van der Waals surface area contributed by atoms with Crippen LogP contribution in [0.1, 0.15) is 11.1 Å². The molecule has 31 heavy (non-hydrogen) atoms. The highest BCUT2D eigenvalue weighted by atomic mass is 35.5. The Morgan fingerprint density at radius 3 is 2.48 bits per heavy atom. The smallest absolute Gasteiger partial charge is 0.240 e. The Morgan fingerprint density at radius 2 is 1.81 bits per heavy atom. The molecule has 0 aliphatic carbocycles. The van der Waals surface area contributed by atoms with Gasteiger partial charge < -0.3 is 20.7 Å². The molecule has 1 aromatic heterocycles. The first-order valence-electron chi connectivity index (χ1n) is 9.69. The van der Waals surface area contributed by atoms with Gasteiger partial charge in [-0.25, -0.2) is 4.99 Å². The Hall–Kier alpha value is -3.61. The van der Waals surface area contributed by atoms with Crippen molar-refractivity contribution in [1.29, 1.82) is 0 Å². The highest BCUT2D eigenvalue weighted by molar-refractivity contribution is 6.31. The Bertz CT molecular complexity index is 1260. The Balaban J connectivity index is 1.83. The van der Waals surface area contributed by atoms with E-state index >= 15 is 0 Å². The van der Waals surface area contributed by atoms with Gasteiger partial charge in [0.1, 0.15) is 0 Å². The number of benzene rings is 3. The molecule has 4 rings (SSSR count). The summed E-state index contributed by atoms with van der Waals surface area (Å²) in [5.74, 6) is -0.159. The van der Waals surface area contributed by atoms with Crippen LogP contribution in [0.25, 0.3) is 10.9 Å². The highest BCUT2D eigenvalue weighted by Crippen LogP contribution is 2.33. The van der Waals surface area contributed by atoms with Crippen LogP contribution in [0.5, 0.6) is 5.88 Å². The number of amides is 1. The summed E-state index contributed by atoms with van der Waals surface area (Å²) in [6, 6.07) is 22.3. The second-order valence-corrected chi connectivity index (χ2v) is 7.47.